The summed E-state index contributed by atoms with van der Waals surface area (Å²) in [7, 11) is -3.57. The molecule has 1 aromatic carbocycles. The minimum absolute atomic E-state index is 0.109. The summed E-state index contributed by atoms with van der Waals surface area (Å²) in [5.41, 5.74) is 0.476. The fraction of sp³-hybridized carbons (Fsp3) is 0.636. The van der Waals surface area contributed by atoms with Crippen LogP contribution in [0, 0.1) is 0 Å². The number of sulfonamides is 1. The predicted octanol–water partition coefficient (Wildman–Crippen LogP) is 0.478. The average Bonchev–Trinajstić information content (AvgIpc) is 2.85. The van der Waals surface area contributed by atoms with Crippen molar-refractivity contribution in [2.75, 3.05) is 72.1 Å². The van der Waals surface area contributed by atoms with E-state index in [1.165, 1.54) is 22.9 Å². The number of nitrogens with zero attached hydrogens (tertiary/aromatic N) is 4. The van der Waals surface area contributed by atoms with Crippen LogP contribution in [-0.4, -0.2) is 111 Å². The third kappa shape index (κ3) is 5.31. The Morgan fingerprint density at radius 2 is 1.41 bits per heavy atom. The molecule has 0 bridgehead atoms. The quantitative estimate of drug-likeness (QED) is 0.630. The van der Waals surface area contributed by atoms with Gasteiger partial charge in [0.15, 0.2) is 0 Å². The van der Waals surface area contributed by atoms with Gasteiger partial charge in [0.1, 0.15) is 0 Å². The Bertz CT molecular complexity index is 901. The monoisotopic (exact) mass is 464 g/mol. The van der Waals surface area contributed by atoms with Gasteiger partial charge in [0.2, 0.25) is 15.9 Å². The number of likely N-dealkylation sites (tertiary alicyclic amines) is 1. The van der Waals surface area contributed by atoms with E-state index in [0.29, 0.717) is 64.6 Å². The van der Waals surface area contributed by atoms with E-state index < -0.39 is 10.0 Å². The van der Waals surface area contributed by atoms with Gasteiger partial charge in [-0.2, -0.15) is 4.31 Å². The van der Waals surface area contributed by atoms with Gasteiger partial charge < -0.3 is 14.5 Å². The van der Waals surface area contributed by atoms with Crippen molar-refractivity contribution in [1.82, 2.24) is 19.0 Å². The van der Waals surface area contributed by atoms with Gasteiger partial charge in [0.05, 0.1) is 24.7 Å². The second-order valence-corrected chi connectivity index (χ2v) is 10.5. The van der Waals surface area contributed by atoms with Crippen molar-refractivity contribution in [2.24, 2.45) is 0 Å². The molecule has 0 aromatic heterocycles. The van der Waals surface area contributed by atoms with Crippen molar-refractivity contribution in [3.05, 3.63) is 29.8 Å². The van der Waals surface area contributed by atoms with Crippen molar-refractivity contribution in [3.63, 3.8) is 0 Å². The van der Waals surface area contributed by atoms with Gasteiger partial charge >= 0.3 is 0 Å². The van der Waals surface area contributed by atoms with Gasteiger partial charge in [0, 0.05) is 57.9 Å². The Balaban J connectivity index is 1.30. The zero-order valence-electron chi connectivity index (χ0n) is 18.4. The summed E-state index contributed by atoms with van der Waals surface area (Å²) in [5, 5.41) is 0. The average molecular weight is 465 g/mol. The number of benzene rings is 1. The fourth-order valence-electron chi connectivity index (χ4n) is 4.43. The highest BCUT2D eigenvalue weighted by Gasteiger charge is 2.28. The van der Waals surface area contributed by atoms with E-state index in [0.717, 1.165) is 25.9 Å². The van der Waals surface area contributed by atoms with Gasteiger partial charge in [-0.05, 0) is 43.5 Å². The number of amides is 2. The first-order chi connectivity index (χ1) is 15.4. The topological polar surface area (TPSA) is 90.5 Å². The molecule has 3 saturated heterocycles. The minimum atomic E-state index is -3.57. The third-order valence-corrected chi connectivity index (χ3v) is 8.35. The van der Waals surface area contributed by atoms with E-state index >= 15 is 0 Å². The Morgan fingerprint density at radius 3 is 2.03 bits per heavy atom. The van der Waals surface area contributed by atoms with Crippen LogP contribution in [0.2, 0.25) is 0 Å². The number of hydrogen-bond acceptors (Lipinski definition) is 6. The molecule has 9 nitrogen and oxygen atoms in total. The highest BCUT2D eigenvalue weighted by Crippen LogP contribution is 2.19. The molecule has 176 valence electrons. The van der Waals surface area contributed by atoms with Crippen LogP contribution < -0.4 is 0 Å². The van der Waals surface area contributed by atoms with Crippen molar-refractivity contribution in [1.29, 1.82) is 0 Å². The normalized spacial score (nSPS) is 21.5. The van der Waals surface area contributed by atoms with Crippen LogP contribution in [0.5, 0.6) is 0 Å². The zero-order valence-corrected chi connectivity index (χ0v) is 19.3. The lowest BCUT2D eigenvalue weighted by Crippen LogP contribution is -2.52. The summed E-state index contributed by atoms with van der Waals surface area (Å²) >= 11 is 0. The number of hydrogen-bond donors (Lipinski definition) is 0. The highest BCUT2D eigenvalue weighted by molar-refractivity contribution is 7.89. The first kappa shape index (κ1) is 23.2. The molecule has 3 fully saturated rings. The number of piperazine rings is 1. The van der Waals surface area contributed by atoms with E-state index in [-0.39, 0.29) is 16.7 Å². The molecule has 10 heteroatoms. The molecular formula is C22H32N4O5S. The fourth-order valence-corrected chi connectivity index (χ4v) is 5.84. The highest BCUT2D eigenvalue weighted by atomic mass is 32.2. The molecule has 0 N–H and O–H groups in total. The lowest BCUT2D eigenvalue weighted by atomic mass is 10.1. The zero-order chi connectivity index (χ0) is 22.6. The summed E-state index contributed by atoms with van der Waals surface area (Å²) in [4.78, 5) is 31.4. The molecule has 3 aliphatic heterocycles. The van der Waals surface area contributed by atoms with Crippen LogP contribution in [0.25, 0.3) is 0 Å². The SMILES string of the molecule is O=C(CN1CCN(C(=O)c2ccc(S(=O)(=O)N3CCOCC3)cc2)CC1)N1CCCCC1. The van der Waals surface area contributed by atoms with Gasteiger partial charge in [0.25, 0.3) is 5.91 Å². The van der Waals surface area contributed by atoms with E-state index in [2.05, 4.69) is 4.90 Å². The molecule has 3 heterocycles. The maximum atomic E-state index is 12.9. The standard InChI is InChI=1S/C22H32N4O5S/c27-21(24-8-2-1-3-9-24)18-23-10-12-25(13-11-23)22(28)19-4-6-20(7-5-19)32(29,30)26-14-16-31-17-15-26/h4-7H,1-3,8-18H2. The maximum Gasteiger partial charge on any atom is 0.253 e. The molecule has 0 saturated carbocycles. The Hall–Kier alpha value is -2.01. The van der Waals surface area contributed by atoms with Crippen LogP contribution in [-0.2, 0) is 19.6 Å². The lowest BCUT2D eigenvalue weighted by molar-refractivity contribution is -0.133. The molecule has 0 unspecified atom stereocenters. The first-order valence-electron chi connectivity index (χ1n) is 11.4. The molecule has 32 heavy (non-hydrogen) atoms. The van der Waals surface area contributed by atoms with Crippen LogP contribution in [0.1, 0.15) is 29.6 Å². The molecule has 2 amide bonds. The van der Waals surface area contributed by atoms with Crippen LogP contribution in [0.15, 0.2) is 29.2 Å². The number of ether oxygens (including phenoxy) is 1. The lowest BCUT2D eigenvalue weighted by Gasteiger charge is -2.36. The summed E-state index contributed by atoms with van der Waals surface area (Å²) in [6.45, 7) is 6.03. The van der Waals surface area contributed by atoms with E-state index in [4.69, 9.17) is 4.74 Å². The molecule has 0 spiro atoms. The molecule has 0 radical (unpaired) electrons. The van der Waals surface area contributed by atoms with Crippen molar-refractivity contribution in [2.45, 2.75) is 24.2 Å². The van der Waals surface area contributed by atoms with Crippen molar-refractivity contribution < 1.29 is 22.7 Å². The summed E-state index contributed by atoms with van der Waals surface area (Å²) < 4.78 is 32.1. The second kappa shape index (κ2) is 10.3. The summed E-state index contributed by atoms with van der Waals surface area (Å²) in [5.74, 6) is 0.0730. The number of morpholine rings is 1. The Labute approximate surface area is 189 Å². The van der Waals surface area contributed by atoms with Crippen LogP contribution >= 0.6 is 0 Å². The second-order valence-electron chi connectivity index (χ2n) is 8.55. The largest absolute Gasteiger partial charge is 0.379 e. The van der Waals surface area contributed by atoms with Gasteiger partial charge in [-0.25, -0.2) is 8.42 Å². The first-order valence-corrected chi connectivity index (χ1v) is 12.9. The van der Waals surface area contributed by atoms with E-state index in [9.17, 15) is 18.0 Å². The summed E-state index contributed by atoms with van der Waals surface area (Å²) in [6, 6.07) is 6.18. The molecule has 4 rings (SSSR count). The predicted molar refractivity (Wildman–Crippen MR) is 119 cm³/mol. The number of carbonyl (C=O) groups is 2. The Kier molecular flexibility index (Phi) is 7.44. The number of carbonyl (C=O) groups excluding carboxylic acids is 2. The van der Waals surface area contributed by atoms with Crippen molar-refractivity contribution in [3.8, 4) is 0 Å². The number of piperidine rings is 1. The smallest absolute Gasteiger partial charge is 0.253 e. The molecule has 0 atom stereocenters. The van der Waals surface area contributed by atoms with E-state index in [1.807, 2.05) is 4.90 Å². The Morgan fingerprint density at radius 1 is 0.781 bits per heavy atom. The van der Waals surface area contributed by atoms with Crippen LogP contribution in [0.3, 0.4) is 0 Å². The van der Waals surface area contributed by atoms with Gasteiger partial charge in [-0.1, -0.05) is 0 Å². The molecule has 0 aliphatic carbocycles. The molecule has 3 aliphatic rings. The van der Waals surface area contributed by atoms with Gasteiger partial charge in [-0.3, -0.25) is 14.5 Å². The minimum Gasteiger partial charge on any atom is -0.379 e. The van der Waals surface area contributed by atoms with E-state index in [1.54, 1.807) is 17.0 Å². The van der Waals surface area contributed by atoms with Gasteiger partial charge in [-0.15, -0.1) is 0 Å². The van der Waals surface area contributed by atoms with Crippen LogP contribution in [0.4, 0.5) is 0 Å². The third-order valence-electron chi connectivity index (χ3n) is 6.44. The maximum absolute atomic E-state index is 12.9. The molecule has 1 aromatic rings. The summed E-state index contributed by atoms with van der Waals surface area (Å²) in [6.07, 6.45) is 3.37. The number of rotatable bonds is 5. The molecular weight excluding hydrogens is 432 g/mol. The van der Waals surface area contributed by atoms with Crippen molar-refractivity contribution >= 4 is 21.8 Å².